The van der Waals surface area contributed by atoms with E-state index in [-0.39, 0.29) is 0 Å². The van der Waals surface area contributed by atoms with Crippen LogP contribution in [0.2, 0.25) is 10.0 Å². The summed E-state index contributed by atoms with van der Waals surface area (Å²) in [6.07, 6.45) is 0. The SMILES string of the molecule is C=C(CNc1ccc(Cl)c(Cl)c1)c1ccccc1. The molecule has 1 N–H and O–H groups in total. The Morgan fingerprint density at radius 2 is 1.72 bits per heavy atom. The van der Waals surface area contributed by atoms with E-state index in [0.717, 1.165) is 16.8 Å². The van der Waals surface area contributed by atoms with Crippen molar-refractivity contribution >= 4 is 34.5 Å². The Morgan fingerprint density at radius 3 is 2.39 bits per heavy atom. The minimum Gasteiger partial charge on any atom is -0.381 e. The van der Waals surface area contributed by atoms with Gasteiger partial charge in [-0.15, -0.1) is 0 Å². The van der Waals surface area contributed by atoms with Crippen molar-refractivity contribution in [2.75, 3.05) is 11.9 Å². The molecule has 18 heavy (non-hydrogen) atoms. The summed E-state index contributed by atoms with van der Waals surface area (Å²) in [6, 6.07) is 15.5. The molecule has 0 amide bonds. The molecular formula is C15H13Cl2N. The predicted octanol–water partition coefficient (Wildman–Crippen LogP) is 5.12. The van der Waals surface area contributed by atoms with Crippen LogP contribution in [0, 0.1) is 0 Å². The third-order valence-electron chi connectivity index (χ3n) is 2.61. The van der Waals surface area contributed by atoms with E-state index >= 15 is 0 Å². The standard InChI is InChI=1S/C15H13Cl2N/c1-11(12-5-3-2-4-6-12)10-18-13-7-8-14(16)15(17)9-13/h2-9,18H,1,10H2. The Morgan fingerprint density at radius 1 is 1.00 bits per heavy atom. The molecule has 0 bridgehead atoms. The van der Waals surface area contributed by atoms with Gasteiger partial charge in [0.05, 0.1) is 10.0 Å². The van der Waals surface area contributed by atoms with Crippen LogP contribution in [0.5, 0.6) is 0 Å². The van der Waals surface area contributed by atoms with Gasteiger partial charge in [-0.05, 0) is 29.3 Å². The van der Waals surface area contributed by atoms with Crippen LogP contribution in [0.25, 0.3) is 5.57 Å². The summed E-state index contributed by atoms with van der Waals surface area (Å²) in [5, 5.41) is 4.38. The first-order valence-electron chi connectivity index (χ1n) is 5.59. The molecule has 0 atom stereocenters. The molecule has 0 saturated heterocycles. The van der Waals surface area contributed by atoms with Crippen LogP contribution in [0.3, 0.4) is 0 Å². The van der Waals surface area contributed by atoms with E-state index in [1.165, 1.54) is 0 Å². The first-order chi connectivity index (χ1) is 8.66. The van der Waals surface area contributed by atoms with E-state index in [9.17, 15) is 0 Å². The molecule has 1 nitrogen and oxygen atoms in total. The maximum Gasteiger partial charge on any atom is 0.0612 e. The van der Waals surface area contributed by atoms with Gasteiger partial charge >= 0.3 is 0 Å². The third-order valence-corrected chi connectivity index (χ3v) is 3.35. The third kappa shape index (κ3) is 3.28. The Kier molecular flexibility index (Phi) is 4.29. The lowest BCUT2D eigenvalue weighted by Gasteiger charge is -2.10. The van der Waals surface area contributed by atoms with Gasteiger partial charge in [0.2, 0.25) is 0 Å². The van der Waals surface area contributed by atoms with E-state index in [1.54, 1.807) is 6.07 Å². The van der Waals surface area contributed by atoms with Gasteiger partial charge in [0.15, 0.2) is 0 Å². The van der Waals surface area contributed by atoms with Crippen molar-refractivity contribution in [3.05, 3.63) is 70.7 Å². The van der Waals surface area contributed by atoms with Crippen LogP contribution < -0.4 is 5.32 Å². The maximum absolute atomic E-state index is 5.95. The van der Waals surface area contributed by atoms with Crippen LogP contribution in [0.15, 0.2) is 55.1 Å². The first-order valence-corrected chi connectivity index (χ1v) is 6.34. The summed E-state index contributed by atoms with van der Waals surface area (Å²) in [5.41, 5.74) is 3.09. The average Bonchev–Trinajstić information content (AvgIpc) is 2.41. The molecule has 0 aliphatic heterocycles. The fourth-order valence-electron chi connectivity index (χ4n) is 1.59. The molecule has 0 saturated carbocycles. The first kappa shape index (κ1) is 13.0. The van der Waals surface area contributed by atoms with Gasteiger partial charge in [-0.3, -0.25) is 0 Å². The molecule has 0 fully saturated rings. The second-order valence-electron chi connectivity index (χ2n) is 3.95. The van der Waals surface area contributed by atoms with Gasteiger partial charge < -0.3 is 5.32 Å². The fourth-order valence-corrected chi connectivity index (χ4v) is 1.89. The quantitative estimate of drug-likeness (QED) is 0.818. The lowest BCUT2D eigenvalue weighted by molar-refractivity contribution is 1.34. The molecule has 0 aliphatic carbocycles. The minimum absolute atomic E-state index is 0.548. The van der Waals surface area contributed by atoms with Gasteiger partial charge in [0.1, 0.15) is 0 Å². The summed E-state index contributed by atoms with van der Waals surface area (Å²) < 4.78 is 0. The average molecular weight is 278 g/mol. The van der Waals surface area contributed by atoms with Crippen molar-refractivity contribution in [3.8, 4) is 0 Å². The van der Waals surface area contributed by atoms with Crippen molar-refractivity contribution in [2.24, 2.45) is 0 Å². The summed E-state index contributed by atoms with van der Waals surface area (Å²) in [4.78, 5) is 0. The van der Waals surface area contributed by atoms with E-state index in [2.05, 4.69) is 11.9 Å². The van der Waals surface area contributed by atoms with Gasteiger partial charge in [-0.2, -0.15) is 0 Å². The highest BCUT2D eigenvalue weighted by Gasteiger charge is 2.01. The Hall–Kier alpha value is -1.44. The van der Waals surface area contributed by atoms with Crippen LogP contribution in [0.4, 0.5) is 5.69 Å². The van der Waals surface area contributed by atoms with Crippen LogP contribution >= 0.6 is 23.2 Å². The molecule has 0 aliphatic rings. The minimum atomic E-state index is 0.548. The summed E-state index contributed by atoms with van der Waals surface area (Å²) in [6.45, 7) is 4.73. The van der Waals surface area contributed by atoms with Crippen molar-refractivity contribution in [3.63, 3.8) is 0 Å². The number of anilines is 1. The lowest BCUT2D eigenvalue weighted by Crippen LogP contribution is -2.03. The zero-order valence-corrected chi connectivity index (χ0v) is 11.3. The largest absolute Gasteiger partial charge is 0.381 e. The second kappa shape index (κ2) is 5.94. The smallest absolute Gasteiger partial charge is 0.0612 e. The van der Waals surface area contributed by atoms with E-state index in [0.29, 0.717) is 16.6 Å². The van der Waals surface area contributed by atoms with Crippen molar-refractivity contribution in [1.29, 1.82) is 0 Å². The molecule has 0 heterocycles. The highest BCUT2D eigenvalue weighted by atomic mass is 35.5. The number of hydrogen-bond donors (Lipinski definition) is 1. The Balaban J connectivity index is 1.99. The molecule has 92 valence electrons. The molecular weight excluding hydrogens is 265 g/mol. The molecule has 0 aromatic heterocycles. The number of nitrogens with one attached hydrogen (secondary N) is 1. The topological polar surface area (TPSA) is 12.0 Å². The number of hydrogen-bond acceptors (Lipinski definition) is 1. The normalized spacial score (nSPS) is 10.1. The molecule has 3 heteroatoms. The Bertz CT molecular complexity index is 550. The van der Waals surface area contributed by atoms with Crippen molar-refractivity contribution in [2.45, 2.75) is 0 Å². The number of benzene rings is 2. The van der Waals surface area contributed by atoms with E-state index in [4.69, 9.17) is 23.2 Å². The summed E-state index contributed by atoms with van der Waals surface area (Å²) >= 11 is 11.8. The van der Waals surface area contributed by atoms with Crippen LogP contribution in [-0.4, -0.2) is 6.54 Å². The van der Waals surface area contributed by atoms with Gasteiger partial charge in [0.25, 0.3) is 0 Å². The number of rotatable bonds is 4. The fraction of sp³-hybridized carbons (Fsp3) is 0.0667. The second-order valence-corrected chi connectivity index (χ2v) is 4.77. The Labute approximate surface area is 117 Å². The molecule has 2 aromatic rings. The predicted molar refractivity (Wildman–Crippen MR) is 80.4 cm³/mol. The lowest BCUT2D eigenvalue weighted by atomic mass is 10.1. The van der Waals surface area contributed by atoms with Crippen molar-refractivity contribution < 1.29 is 0 Å². The van der Waals surface area contributed by atoms with Gasteiger partial charge in [-0.1, -0.05) is 60.1 Å². The van der Waals surface area contributed by atoms with Crippen LogP contribution in [-0.2, 0) is 0 Å². The number of halogens is 2. The highest BCUT2D eigenvalue weighted by Crippen LogP contribution is 2.25. The zero-order valence-electron chi connectivity index (χ0n) is 9.79. The molecule has 2 rings (SSSR count). The van der Waals surface area contributed by atoms with Gasteiger partial charge in [-0.25, -0.2) is 0 Å². The maximum atomic E-state index is 5.95. The highest BCUT2D eigenvalue weighted by molar-refractivity contribution is 6.42. The van der Waals surface area contributed by atoms with Crippen molar-refractivity contribution in [1.82, 2.24) is 0 Å². The van der Waals surface area contributed by atoms with E-state index in [1.807, 2.05) is 42.5 Å². The molecule has 0 unspecified atom stereocenters. The van der Waals surface area contributed by atoms with Gasteiger partial charge in [0, 0.05) is 12.2 Å². The molecule has 2 aromatic carbocycles. The summed E-state index contributed by atoms with van der Waals surface area (Å²) in [7, 11) is 0. The molecule has 0 spiro atoms. The summed E-state index contributed by atoms with van der Waals surface area (Å²) in [5.74, 6) is 0. The van der Waals surface area contributed by atoms with Crippen LogP contribution in [0.1, 0.15) is 5.56 Å². The monoisotopic (exact) mass is 277 g/mol. The zero-order chi connectivity index (χ0) is 13.0. The molecule has 0 radical (unpaired) electrons. The van der Waals surface area contributed by atoms with E-state index < -0.39 is 0 Å².